The van der Waals surface area contributed by atoms with E-state index in [2.05, 4.69) is 40.9 Å². The molecule has 3 aromatic rings. The molecule has 26 heavy (non-hydrogen) atoms. The number of amides is 1. The van der Waals surface area contributed by atoms with E-state index in [4.69, 9.17) is 4.98 Å². The summed E-state index contributed by atoms with van der Waals surface area (Å²) in [5, 5.41) is 1.03. The second-order valence-corrected chi connectivity index (χ2v) is 7.27. The van der Waals surface area contributed by atoms with Crippen LogP contribution in [0.3, 0.4) is 0 Å². The zero-order chi connectivity index (χ0) is 18.3. The van der Waals surface area contributed by atoms with E-state index in [0.717, 1.165) is 40.8 Å². The first-order valence-electron chi connectivity index (χ1n) is 9.14. The highest BCUT2D eigenvalue weighted by molar-refractivity contribution is 5.91. The van der Waals surface area contributed by atoms with E-state index in [-0.39, 0.29) is 18.0 Å². The number of nitrogens with one attached hydrogen (secondary N) is 2. The third kappa shape index (κ3) is 2.85. The molecular formula is C20H24N5O+. The molecule has 0 saturated carbocycles. The average Bonchev–Trinajstić information content (AvgIpc) is 3.05. The SMILES string of the molecule is CC(=O)N1[C@H](C)CC(c2cccc(-c3c[nH]c4nc[nH+]cc34)n2)C[C@@H]1C. The molecule has 3 atom stereocenters. The molecule has 0 spiro atoms. The van der Waals surface area contributed by atoms with Crippen LogP contribution in [0.15, 0.2) is 36.9 Å². The second-order valence-electron chi connectivity index (χ2n) is 7.27. The number of likely N-dealkylation sites (tertiary alicyclic amines) is 1. The Bertz CT molecular complexity index is 938. The van der Waals surface area contributed by atoms with Gasteiger partial charge in [-0.25, -0.2) is 4.98 Å². The van der Waals surface area contributed by atoms with Crippen LogP contribution in [0.2, 0.25) is 0 Å². The predicted molar refractivity (Wildman–Crippen MR) is 99.3 cm³/mol. The van der Waals surface area contributed by atoms with E-state index in [0.29, 0.717) is 5.92 Å². The molecule has 4 heterocycles. The van der Waals surface area contributed by atoms with Gasteiger partial charge < -0.3 is 9.88 Å². The monoisotopic (exact) mass is 350 g/mol. The Morgan fingerprint density at radius 1 is 1.27 bits per heavy atom. The summed E-state index contributed by atoms with van der Waals surface area (Å²) in [4.78, 5) is 29.4. The van der Waals surface area contributed by atoms with Crippen molar-refractivity contribution in [3.63, 3.8) is 0 Å². The van der Waals surface area contributed by atoms with Crippen LogP contribution in [0.4, 0.5) is 0 Å². The molecule has 1 aliphatic heterocycles. The van der Waals surface area contributed by atoms with Crippen LogP contribution in [0, 0.1) is 0 Å². The summed E-state index contributed by atoms with van der Waals surface area (Å²) in [6.45, 7) is 5.93. The Kier molecular flexibility index (Phi) is 4.18. The highest BCUT2D eigenvalue weighted by atomic mass is 16.2. The van der Waals surface area contributed by atoms with E-state index in [1.54, 1.807) is 13.3 Å². The standard InChI is InChI=1S/C20H23N5O/c1-12-7-15(8-13(2)25(12)14(3)26)18-5-4-6-19(24-18)16-10-22-20-17(16)9-21-11-23-20/h4-6,9-13,15H,7-8H2,1-3H3,(H,21,22,23)/p+1/t12-,13+,15?. The number of nitrogens with zero attached hydrogens (tertiary/aromatic N) is 3. The Morgan fingerprint density at radius 2 is 2.04 bits per heavy atom. The minimum Gasteiger partial charge on any atom is -0.337 e. The average molecular weight is 350 g/mol. The first kappa shape index (κ1) is 16.7. The maximum Gasteiger partial charge on any atom is 0.286 e. The summed E-state index contributed by atoms with van der Waals surface area (Å²) < 4.78 is 0. The number of hydrogen-bond acceptors (Lipinski definition) is 3. The number of H-pyrrole nitrogens is 2. The van der Waals surface area contributed by atoms with Crippen LogP contribution < -0.4 is 4.98 Å². The first-order valence-corrected chi connectivity index (χ1v) is 9.14. The van der Waals surface area contributed by atoms with Gasteiger partial charge in [-0.05, 0) is 43.8 Å². The van der Waals surface area contributed by atoms with Crippen molar-refractivity contribution in [3.8, 4) is 11.3 Å². The van der Waals surface area contributed by atoms with E-state index in [1.165, 1.54) is 0 Å². The predicted octanol–water partition coefficient (Wildman–Crippen LogP) is 2.94. The minimum atomic E-state index is 0.160. The lowest BCUT2D eigenvalue weighted by atomic mass is 9.84. The first-order chi connectivity index (χ1) is 12.5. The fourth-order valence-electron chi connectivity index (χ4n) is 4.38. The third-order valence-corrected chi connectivity index (χ3v) is 5.42. The molecule has 1 saturated heterocycles. The van der Waals surface area contributed by atoms with Crippen LogP contribution in [-0.2, 0) is 4.79 Å². The molecule has 2 N–H and O–H groups in total. The number of pyridine rings is 1. The molecular weight excluding hydrogens is 326 g/mol. The number of rotatable bonds is 2. The van der Waals surface area contributed by atoms with Crippen LogP contribution in [-0.4, -0.2) is 37.8 Å². The summed E-state index contributed by atoms with van der Waals surface area (Å²) >= 11 is 0. The van der Waals surface area contributed by atoms with E-state index >= 15 is 0 Å². The van der Waals surface area contributed by atoms with Crippen LogP contribution in [0.5, 0.6) is 0 Å². The number of fused-ring (bicyclic) bond motifs is 1. The molecule has 0 radical (unpaired) electrons. The van der Waals surface area contributed by atoms with Crippen LogP contribution >= 0.6 is 0 Å². The van der Waals surface area contributed by atoms with Crippen molar-refractivity contribution < 1.29 is 9.78 Å². The molecule has 6 heteroatoms. The molecule has 3 aromatic heterocycles. The van der Waals surface area contributed by atoms with Crippen molar-refractivity contribution in [1.29, 1.82) is 0 Å². The molecule has 4 rings (SSSR count). The molecule has 0 aliphatic carbocycles. The van der Waals surface area contributed by atoms with E-state index < -0.39 is 0 Å². The zero-order valence-electron chi connectivity index (χ0n) is 15.4. The van der Waals surface area contributed by atoms with Gasteiger partial charge in [-0.3, -0.25) is 9.78 Å². The van der Waals surface area contributed by atoms with Crippen molar-refractivity contribution in [2.45, 2.75) is 51.6 Å². The van der Waals surface area contributed by atoms with Crippen molar-refractivity contribution in [3.05, 3.63) is 42.6 Å². The summed E-state index contributed by atoms with van der Waals surface area (Å²) in [7, 11) is 0. The number of carbonyl (C=O) groups is 1. The van der Waals surface area contributed by atoms with Crippen molar-refractivity contribution in [2.24, 2.45) is 0 Å². The summed E-state index contributed by atoms with van der Waals surface area (Å²) in [5.74, 6) is 0.526. The van der Waals surface area contributed by atoms with E-state index in [1.807, 2.05) is 23.4 Å². The van der Waals surface area contributed by atoms with Gasteiger partial charge in [-0.15, -0.1) is 0 Å². The number of carbonyl (C=O) groups excluding carboxylic acids is 1. The summed E-state index contributed by atoms with van der Waals surface area (Å²) in [5.41, 5.74) is 3.95. The molecule has 134 valence electrons. The molecule has 1 amide bonds. The number of aromatic nitrogens is 4. The second kappa shape index (κ2) is 6.52. The fraction of sp³-hybridized carbons (Fsp3) is 0.400. The Morgan fingerprint density at radius 3 is 2.77 bits per heavy atom. The van der Waals surface area contributed by atoms with Gasteiger partial charge in [0.15, 0.2) is 0 Å². The van der Waals surface area contributed by atoms with Gasteiger partial charge in [-0.2, -0.15) is 0 Å². The number of piperidine rings is 1. The van der Waals surface area contributed by atoms with Gasteiger partial charge in [0.25, 0.3) is 12.0 Å². The Balaban J connectivity index is 1.65. The van der Waals surface area contributed by atoms with Gasteiger partial charge in [-0.1, -0.05) is 6.07 Å². The molecule has 6 nitrogen and oxygen atoms in total. The Hall–Kier alpha value is -2.76. The van der Waals surface area contributed by atoms with Gasteiger partial charge in [0.1, 0.15) is 6.20 Å². The number of aromatic amines is 2. The largest absolute Gasteiger partial charge is 0.337 e. The quantitative estimate of drug-likeness (QED) is 0.772. The highest BCUT2D eigenvalue weighted by Gasteiger charge is 2.33. The third-order valence-electron chi connectivity index (χ3n) is 5.42. The van der Waals surface area contributed by atoms with Crippen molar-refractivity contribution >= 4 is 16.9 Å². The molecule has 1 unspecified atom stereocenters. The topological polar surface area (TPSA) is 76.0 Å². The van der Waals surface area contributed by atoms with Gasteiger partial charge >= 0.3 is 0 Å². The van der Waals surface area contributed by atoms with Crippen LogP contribution in [0.25, 0.3) is 22.3 Å². The maximum absolute atomic E-state index is 11.9. The summed E-state index contributed by atoms with van der Waals surface area (Å²) in [6.07, 6.45) is 7.46. The Labute approximate surface area is 152 Å². The normalized spacial score (nSPS) is 23.3. The smallest absolute Gasteiger partial charge is 0.286 e. The van der Waals surface area contributed by atoms with Gasteiger partial charge in [0.05, 0.1) is 11.1 Å². The van der Waals surface area contributed by atoms with Crippen molar-refractivity contribution in [2.75, 3.05) is 0 Å². The zero-order valence-corrected chi connectivity index (χ0v) is 15.4. The maximum atomic E-state index is 11.9. The number of hydrogen-bond donors (Lipinski definition) is 1. The fourth-order valence-corrected chi connectivity index (χ4v) is 4.38. The lowest BCUT2D eigenvalue weighted by Crippen LogP contribution is -2.48. The van der Waals surface area contributed by atoms with Crippen molar-refractivity contribution in [1.82, 2.24) is 19.9 Å². The van der Waals surface area contributed by atoms with Crippen LogP contribution in [0.1, 0.15) is 45.2 Å². The molecule has 1 fully saturated rings. The summed E-state index contributed by atoms with van der Waals surface area (Å²) in [6, 6.07) is 6.69. The highest BCUT2D eigenvalue weighted by Crippen LogP contribution is 2.35. The molecule has 0 bridgehead atoms. The van der Waals surface area contributed by atoms with Gasteiger partial charge in [0.2, 0.25) is 5.91 Å². The minimum absolute atomic E-state index is 0.160. The molecule has 0 aromatic carbocycles. The molecule has 1 aliphatic rings. The van der Waals surface area contributed by atoms with E-state index in [9.17, 15) is 4.79 Å². The van der Waals surface area contributed by atoms with Gasteiger partial charge in [0, 0.05) is 42.4 Å². The lowest BCUT2D eigenvalue weighted by Gasteiger charge is -2.42. The lowest BCUT2D eigenvalue weighted by molar-refractivity contribution is -0.380.